The third-order valence-corrected chi connectivity index (χ3v) is 4.92. The highest BCUT2D eigenvalue weighted by molar-refractivity contribution is 5.94. The molecule has 1 aliphatic rings. The zero-order valence-corrected chi connectivity index (χ0v) is 17.6. The number of carbonyl (C=O) groups excluding carboxylic acids is 2. The van der Waals surface area contributed by atoms with E-state index in [4.69, 9.17) is 9.47 Å². The summed E-state index contributed by atoms with van der Waals surface area (Å²) in [6, 6.07) is 15.2. The Kier molecular flexibility index (Phi) is 7.68. The van der Waals surface area contributed by atoms with Gasteiger partial charge in [-0.3, -0.25) is 9.59 Å². The van der Waals surface area contributed by atoms with Crippen molar-refractivity contribution in [2.24, 2.45) is 0 Å². The number of ether oxygens (including phenoxy) is 2. The number of nitrogens with one attached hydrogen (secondary N) is 1. The average Bonchev–Trinajstić information content (AvgIpc) is 2.76. The first-order valence-corrected chi connectivity index (χ1v) is 10.2. The summed E-state index contributed by atoms with van der Waals surface area (Å²) < 4.78 is 10.8. The lowest BCUT2D eigenvalue weighted by Crippen LogP contribution is -2.36. The molecular formula is C23H29N3O4. The third-order valence-electron chi connectivity index (χ3n) is 4.92. The van der Waals surface area contributed by atoms with Crippen LogP contribution < -0.4 is 15.0 Å². The molecule has 0 radical (unpaired) electrons. The Morgan fingerprint density at radius 1 is 1.07 bits per heavy atom. The molecule has 0 spiro atoms. The van der Waals surface area contributed by atoms with E-state index >= 15 is 0 Å². The van der Waals surface area contributed by atoms with Crippen molar-refractivity contribution in [1.29, 1.82) is 0 Å². The van der Waals surface area contributed by atoms with E-state index < -0.39 is 0 Å². The van der Waals surface area contributed by atoms with Crippen LogP contribution in [0.4, 0.5) is 11.4 Å². The summed E-state index contributed by atoms with van der Waals surface area (Å²) in [5.74, 6) is 0.440. The Morgan fingerprint density at radius 3 is 2.37 bits per heavy atom. The molecule has 1 fully saturated rings. The monoisotopic (exact) mass is 411 g/mol. The van der Waals surface area contributed by atoms with Crippen LogP contribution in [0.1, 0.15) is 12.5 Å². The lowest BCUT2D eigenvalue weighted by molar-refractivity contribution is -0.132. The van der Waals surface area contributed by atoms with Gasteiger partial charge in [0, 0.05) is 31.5 Å². The van der Waals surface area contributed by atoms with Crippen molar-refractivity contribution in [2.75, 3.05) is 56.7 Å². The Bertz CT molecular complexity index is 831. The minimum atomic E-state index is -0.225. The van der Waals surface area contributed by atoms with Gasteiger partial charge in [-0.05, 0) is 48.9 Å². The summed E-state index contributed by atoms with van der Waals surface area (Å²) >= 11 is 0. The number of amides is 2. The molecule has 2 amide bonds. The molecule has 1 N–H and O–H groups in total. The highest BCUT2D eigenvalue weighted by Crippen LogP contribution is 2.19. The smallest absolute Gasteiger partial charge is 0.243 e. The first kappa shape index (κ1) is 21.6. The van der Waals surface area contributed by atoms with Crippen molar-refractivity contribution in [3.63, 3.8) is 0 Å². The second-order valence-corrected chi connectivity index (χ2v) is 7.20. The summed E-state index contributed by atoms with van der Waals surface area (Å²) in [6.07, 6.45) is 0.241. The van der Waals surface area contributed by atoms with Gasteiger partial charge in [-0.2, -0.15) is 0 Å². The Balaban J connectivity index is 1.46. The van der Waals surface area contributed by atoms with E-state index in [1.54, 1.807) is 7.05 Å². The molecule has 7 heteroatoms. The van der Waals surface area contributed by atoms with Crippen LogP contribution in [0.2, 0.25) is 0 Å². The molecule has 0 saturated carbocycles. The Morgan fingerprint density at radius 2 is 1.73 bits per heavy atom. The molecule has 1 aliphatic heterocycles. The van der Waals surface area contributed by atoms with Crippen LogP contribution in [0.5, 0.6) is 5.75 Å². The molecule has 2 aromatic carbocycles. The summed E-state index contributed by atoms with van der Waals surface area (Å²) in [6.45, 7) is 5.73. The highest BCUT2D eigenvalue weighted by atomic mass is 16.5. The van der Waals surface area contributed by atoms with Gasteiger partial charge >= 0.3 is 0 Å². The molecule has 0 unspecified atom stereocenters. The van der Waals surface area contributed by atoms with E-state index in [0.717, 1.165) is 43.3 Å². The minimum absolute atomic E-state index is 0.00107. The van der Waals surface area contributed by atoms with E-state index in [1.165, 1.54) is 4.90 Å². The number of anilines is 2. The quantitative estimate of drug-likeness (QED) is 0.723. The van der Waals surface area contributed by atoms with E-state index in [0.29, 0.717) is 12.3 Å². The van der Waals surface area contributed by atoms with Crippen LogP contribution in [-0.2, 0) is 20.7 Å². The number of carbonyl (C=O) groups is 2. The third kappa shape index (κ3) is 6.22. The standard InChI is InChI=1S/C23H29N3O4/c1-3-30-21-10-4-18(5-11-21)16-23(28)25(2)17-22(27)24-19-6-8-20(9-7-19)26-12-14-29-15-13-26/h4-11H,3,12-17H2,1-2H3,(H,24,27). The number of nitrogens with zero attached hydrogens (tertiary/aromatic N) is 2. The largest absolute Gasteiger partial charge is 0.494 e. The van der Waals surface area contributed by atoms with Gasteiger partial charge in [0.05, 0.1) is 32.8 Å². The zero-order chi connectivity index (χ0) is 21.3. The van der Waals surface area contributed by atoms with Gasteiger partial charge in [0.2, 0.25) is 11.8 Å². The van der Waals surface area contributed by atoms with Gasteiger partial charge in [-0.1, -0.05) is 12.1 Å². The summed E-state index contributed by atoms with van der Waals surface area (Å²) in [5.41, 5.74) is 2.71. The van der Waals surface area contributed by atoms with Crippen LogP contribution in [0.3, 0.4) is 0 Å². The summed E-state index contributed by atoms with van der Waals surface area (Å²) in [4.78, 5) is 28.5. The number of rotatable bonds is 8. The lowest BCUT2D eigenvalue weighted by atomic mass is 10.1. The first-order chi connectivity index (χ1) is 14.5. The van der Waals surface area contributed by atoms with Crippen molar-refractivity contribution in [3.8, 4) is 5.75 Å². The van der Waals surface area contributed by atoms with Gasteiger partial charge < -0.3 is 24.6 Å². The molecular weight excluding hydrogens is 382 g/mol. The lowest BCUT2D eigenvalue weighted by Gasteiger charge is -2.28. The molecule has 0 aliphatic carbocycles. The maximum atomic E-state index is 12.4. The van der Waals surface area contributed by atoms with Crippen molar-refractivity contribution < 1.29 is 19.1 Å². The Hall–Kier alpha value is -3.06. The van der Waals surface area contributed by atoms with Gasteiger partial charge in [-0.25, -0.2) is 0 Å². The van der Waals surface area contributed by atoms with Crippen LogP contribution in [0.15, 0.2) is 48.5 Å². The fourth-order valence-electron chi connectivity index (χ4n) is 3.26. The van der Waals surface area contributed by atoms with Crippen LogP contribution >= 0.6 is 0 Å². The van der Waals surface area contributed by atoms with Crippen molar-refractivity contribution in [3.05, 3.63) is 54.1 Å². The molecule has 1 heterocycles. The zero-order valence-electron chi connectivity index (χ0n) is 17.6. The van der Waals surface area contributed by atoms with Crippen molar-refractivity contribution in [2.45, 2.75) is 13.3 Å². The molecule has 3 rings (SSSR count). The highest BCUT2D eigenvalue weighted by Gasteiger charge is 2.15. The molecule has 30 heavy (non-hydrogen) atoms. The molecule has 0 bridgehead atoms. The fraction of sp³-hybridized carbons (Fsp3) is 0.391. The van der Waals surface area contributed by atoms with E-state index in [2.05, 4.69) is 10.2 Å². The van der Waals surface area contributed by atoms with E-state index in [-0.39, 0.29) is 24.8 Å². The van der Waals surface area contributed by atoms with Crippen molar-refractivity contribution in [1.82, 2.24) is 4.90 Å². The normalized spacial score (nSPS) is 13.6. The number of morpholine rings is 1. The number of benzene rings is 2. The molecule has 0 aromatic heterocycles. The van der Waals surface area contributed by atoms with Crippen LogP contribution in [0.25, 0.3) is 0 Å². The van der Waals surface area contributed by atoms with Gasteiger partial charge in [-0.15, -0.1) is 0 Å². The second kappa shape index (κ2) is 10.6. The van der Waals surface area contributed by atoms with E-state index in [1.807, 2.05) is 55.5 Å². The molecule has 7 nitrogen and oxygen atoms in total. The minimum Gasteiger partial charge on any atom is -0.494 e. The Labute approximate surface area is 177 Å². The second-order valence-electron chi connectivity index (χ2n) is 7.20. The number of hydrogen-bond donors (Lipinski definition) is 1. The maximum Gasteiger partial charge on any atom is 0.243 e. The van der Waals surface area contributed by atoms with E-state index in [9.17, 15) is 9.59 Å². The molecule has 160 valence electrons. The molecule has 1 saturated heterocycles. The number of hydrogen-bond acceptors (Lipinski definition) is 5. The van der Waals surface area contributed by atoms with Gasteiger partial charge in [0.1, 0.15) is 5.75 Å². The van der Waals surface area contributed by atoms with Gasteiger partial charge in [0.25, 0.3) is 0 Å². The van der Waals surface area contributed by atoms with Crippen LogP contribution in [-0.4, -0.2) is 63.2 Å². The predicted molar refractivity (Wildman–Crippen MR) is 117 cm³/mol. The number of likely N-dealkylation sites (N-methyl/N-ethyl adjacent to an activating group) is 1. The summed E-state index contributed by atoms with van der Waals surface area (Å²) in [7, 11) is 1.64. The molecule has 0 atom stereocenters. The molecule has 2 aromatic rings. The first-order valence-electron chi connectivity index (χ1n) is 10.2. The maximum absolute atomic E-state index is 12.4. The average molecular weight is 412 g/mol. The van der Waals surface area contributed by atoms with Gasteiger partial charge in [0.15, 0.2) is 0 Å². The van der Waals surface area contributed by atoms with Crippen LogP contribution in [0, 0.1) is 0 Å². The van der Waals surface area contributed by atoms with Crippen molar-refractivity contribution >= 4 is 23.2 Å². The SMILES string of the molecule is CCOc1ccc(CC(=O)N(C)CC(=O)Nc2ccc(N3CCOCC3)cc2)cc1. The topological polar surface area (TPSA) is 71.1 Å². The fourth-order valence-corrected chi connectivity index (χ4v) is 3.26. The summed E-state index contributed by atoms with van der Waals surface area (Å²) in [5, 5.41) is 2.85. The predicted octanol–water partition coefficient (Wildman–Crippen LogP) is 2.56.